The predicted octanol–water partition coefficient (Wildman–Crippen LogP) is 0.451. The van der Waals surface area contributed by atoms with Crippen molar-refractivity contribution in [2.24, 2.45) is 10.9 Å². The number of nitrogens with one attached hydrogen (secondary N) is 2. The molecule has 2 N–H and O–H groups in total. The normalized spacial score (nSPS) is 24.3. The van der Waals surface area contributed by atoms with Crippen molar-refractivity contribution >= 4 is 5.96 Å². The lowest BCUT2D eigenvalue weighted by Crippen LogP contribution is -2.38. The molecular weight excluding hydrogens is 206 g/mol. The van der Waals surface area contributed by atoms with Crippen molar-refractivity contribution in [3.8, 4) is 0 Å². The fourth-order valence-corrected chi connectivity index (χ4v) is 1.46. The first-order chi connectivity index (χ1) is 7.69. The minimum Gasteiger partial charge on any atom is -0.353 e. The van der Waals surface area contributed by atoms with Crippen molar-refractivity contribution < 1.29 is 4.52 Å². The fourth-order valence-electron chi connectivity index (χ4n) is 1.46. The number of hydrogen-bond acceptors (Lipinski definition) is 4. The van der Waals surface area contributed by atoms with Gasteiger partial charge in [0.2, 0.25) is 5.89 Å². The number of rotatable bonds is 3. The highest BCUT2D eigenvalue weighted by molar-refractivity contribution is 5.80. The summed E-state index contributed by atoms with van der Waals surface area (Å²) in [5, 5.41) is 10.2. The van der Waals surface area contributed by atoms with Gasteiger partial charge in [-0.15, -0.1) is 0 Å². The molecule has 1 fully saturated rings. The molecule has 88 valence electrons. The van der Waals surface area contributed by atoms with Gasteiger partial charge >= 0.3 is 0 Å². The lowest BCUT2D eigenvalue weighted by molar-refractivity contribution is 0.371. The molecule has 16 heavy (non-hydrogen) atoms. The van der Waals surface area contributed by atoms with Crippen molar-refractivity contribution in [2.45, 2.75) is 32.9 Å². The first kappa shape index (κ1) is 10.9. The summed E-state index contributed by atoms with van der Waals surface area (Å²) in [6.07, 6.45) is 1.21. The lowest BCUT2D eigenvalue weighted by Gasteiger charge is -2.09. The van der Waals surface area contributed by atoms with Gasteiger partial charge in [-0.3, -0.25) is 4.99 Å². The minimum absolute atomic E-state index is 0.502. The molecule has 0 aromatic carbocycles. The molecule has 0 aliphatic heterocycles. The van der Waals surface area contributed by atoms with E-state index in [1.54, 1.807) is 14.0 Å². The van der Waals surface area contributed by atoms with E-state index in [-0.39, 0.29) is 0 Å². The van der Waals surface area contributed by atoms with Crippen LogP contribution in [0.3, 0.4) is 0 Å². The standard InChI is InChI=1S/C10H17N5O/c1-6-4-8(6)14-10(11-3)12-5-9-13-7(2)15-16-9/h6,8H,4-5H2,1-3H3,(H2,11,12,14). The van der Waals surface area contributed by atoms with Gasteiger partial charge in [0.25, 0.3) is 0 Å². The van der Waals surface area contributed by atoms with Crippen LogP contribution in [0.4, 0.5) is 0 Å². The Kier molecular flexibility index (Phi) is 3.07. The van der Waals surface area contributed by atoms with E-state index in [1.807, 2.05) is 0 Å². The van der Waals surface area contributed by atoms with E-state index in [9.17, 15) is 0 Å². The molecule has 1 saturated carbocycles. The maximum atomic E-state index is 4.99. The monoisotopic (exact) mass is 223 g/mol. The smallest absolute Gasteiger partial charge is 0.246 e. The average molecular weight is 223 g/mol. The molecule has 6 nitrogen and oxygen atoms in total. The second kappa shape index (κ2) is 4.51. The molecule has 2 unspecified atom stereocenters. The number of nitrogens with zero attached hydrogens (tertiary/aromatic N) is 3. The van der Waals surface area contributed by atoms with Crippen LogP contribution in [0.1, 0.15) is 25.1 Å². The van der Waals surface area contributed by atoms with Crippen LogP contribution >= 0.6 is 0 Å². The summed E-state index contributed by atoms with van der Waals surface area (Å²) in [4.78, 5) is 8.23. The molecule has 1 aromatic heterocycles. The van der Waals surface area contributed by atoms with E-state index < -0.39 is 0 Å². The zero-order chi connectivity index (χ0) is 11.5. The zero-order valence-corrected chi connectivity index (χ0v) is 9.82. The molecule has 1 aliphatic carbocycles. The van der Waals surface area contributed by atoms with Gasteiger partial charge in [0.1, 0.15) is 0 Å². The fraction of sp³-hybridized carbons (Fsp3) is 0.700. The van der Waals surface area contributed by atoms with E-state index >= 15 is 0 Å². The van der Waals surface area contributed by atoms with Gasteiger partial charge in [-0.05, 0) is 19.3 Å². The van der Waals surface area contributed by atoms with E-state index in [0.29, 0.717) is 24.3 Å². The quantitative estimate of drug-likeness (QED) is 0.575. The Labute approximate surface area is 94.5 Å². The van der Waals surface area contributed by atoms with Crippen molar-refractivity contribution in [1.29, 1.82) is 0 Å². The lowest BCUT2D eigenvalue weighted by atomic mass is 10.5. The summed E-state index contributed by atoms with van der Waals surface area (Å²) >= 11 is 0. The second-order valence-corrected chi connectivity index (χ2v) is 4.12. The van der Waals surface area contributed by atoms with Crippen LogP contribution in [0, 0.1) is 12.8 Å². The van der Waals surface area contributed by atoms with Gasteiger partial charge in [-0.1, -0.05) is 12.1 Å². The van der Waals surface area contributed by atoms with Crippen LogP contribution in [0.2, 0.25) is 0 Å². The Balaban J connectivity index is 1.79. The van der Waals surface area contributed by atoms with Crippen LogP contribution < -0.4 is 10.6 Å². The first-order valence-electron chi connectivity index (χ1n) is 5.45. The zero-order valence-electron chi connectivity index (χ0n) is 9.82. The van der Waals surface area contributed by atoms with Gasteiger partial charge in [0.15, 0.2) is 11.8 Å². The topological polar surface area (TPSA) is 75.3 Å². The summed E-state index contributed by atoms with van der Waals surface area (Å²) < 4.78 is 4.99. The highest BCUT2D eigenvalue weighted by Gasteiger charge is 2.33. The molecule has 2 atom stereocenters. The van der Waals surface area contributed by atoms with Crippen LogP contribution in [0.5, 0.6) is 0 Å². The summed E-state index contributed by atoms with van der Waals surface area (Å²) in [5.41, 5.74) is 0. The number of aliphatic imine (C=N–C) groups is 1. The van der Waals surface area contributed by atoms with Crippen molar-refractivity contribution in [2.75, 3.05) is 7.05 Å². The van der Waals surface area contributed by atoms with Gasteiger partial charge in [0, 0.05) is 13.1 Å². The maximum Gasteiger partial charge on any atom is 0.246 e. The third-order valence-electron chi connectivity index (χ3n) is 2.63. The molecule has 0 spiro atoms. The highest BCUT2D eigenvalue weighted by atomic mass is 16.5. The average Bonchev–Trinajstić information content (AvgIpc) is 2.78. The Morgan fingerprint density at radius 1 is 1.62 bits per heavy atom. The molecule has 6 heteroatoms. The van der Waals surface area contributed by atoms with E-state index in [1.165, 1.54) is 6.42 Å². The molecule has 1 aromatic rings. The Hall–Kier alpha value is -1.59. The number of guanidine groups is 1. The predicted molar refractivity (Wildman–Crippen MR) is 59.9 cm³/mol. The number of aromatic nitrogens is 2. The van der Waals surface area contributed by atoms with Crippen LogP contribution in [-0.4, -0.2) is 29.2 Å². The molecule has 0 saturated heterocycles. The van der Waals surface area contributed by atoms with Gasteiger partial charge in [-0.2, -0.15) is 4.98 Å². The van der Waals surface area contributed by atoms with E-state index in [4.69, 9.17) is 4.52 Å². The van der Waals surface area contributed by atoms with Crippen LogP contribution in [-0.2, 0) is 6.54 Å². The third kappa shape index (κ3) is 2.71. The third-order valence-corrected chi connectivity index (χ3v) is 2.63. The molecule has 0 amide bonds. The number of aryl methyl sites for hydroxylation is 1. The van der Waals surface area contributed by atoms with Gasteiger partial charge in [0.05, 0.1) is 6.54 Å². The van der Waals surface area contributed by atoms with E-state index in [0.717, 1.165) is 11.9 Å². The summed E-state index contributed by atoms with van der Waals surface area (Å²) in [6.45, 7) is 4.51. The summed E-state index contributed by atoms with van der Waals surface area (Å²) in [7, 11) is 1.75. The summed E-state index contributed by atoms with van der Waals surface area (Å²) in [6, 6.07) is 0.552. The molecule has 1 aliphatic rings. The van der Waals surface area contributed by atoms with Crippen molar-refractivity contribution in [3.63, 3.8) is 0 Å². The molecular formula is C10H17N5O. The Morgan fingerprint density at radius 2 is 2.38 bits per heavy atom. The second-order valence-electron chi connectivity index (χ2n) is 4.12. The Morgan fingerprint density at radius 3 is 2.88 bits per heavy atom. The van der Waals surface area contributed by atoms with Crippen LogP contribution in [0.15, 0.2) is 9.52 Å². The van der Waals surface area contributed by atoms with Gasteiger partial charge in [-0.25, -0.2) is 0 Å². The van der Waals surface area contributed by atoms with Gasteiger partial charge < -0.3 is 15.2 Å². The molecule has 0 bridgehead atoms. The maximum absolute atomic E-state index is 4.99. The highest BCUT2D eigenvalue weighted by Crippen LogP contribution is 2.28. The molecule has 1 heterocycles. The summed E-state index contributed by atoms with van der Waals surface area (Å²) in [5.74, 6) is 2.74. The first-order valence-corrected chi connectivity index (χ1v) is 5.45. The molecule has 0 radical (unpaired) electrons. The minimum atomic E-state index is 0.502. The molecule has 2 rings (SSSR count). The van der Waals surface area contributed by atoms with Crippen molar-refractivity contribution in [3.05, 3.63) is 11.7 Å². The number of hydrogen-bond donors (Lipinski definition) is 2. The van der Waals surface area contributed by atoms with Crippen molar-refractivity contribution in [1.82, 2.24) is 20.8 Å². The SMILES string of the molecule is CN=C(NCc1nc(C)no1)NC1CC1C. The Bertz CT molecular complexity index is 386. The van der Waals surface area contributed by atoms with Crippen LogP contribution in [0.25, 0.3) is 0 Å². The largest absolute Gasteiger partial charge is 0.353 e. The van der Waals surface area contributed by atoms with E-state index in [2.05, 4.69) is 32.7 Å².